The molecule has 5 nitrogen and oxygen atoms in total. The Balaban J connectivity index is 3.43. The fourth-order valence-electron chi connectivity index (χ4n) is 1.62. The first-order chi connectivity index (χ1) is 8.06. The molecule has 0 spiro atoms. The van der Waals surface area contributed by atoms with Crippen molar-refractivity contribution < 1.29 is 14.3 Å². The summed E-state index contributed by atoms with van der Waals surface area (Å²) in [5, 5.41) is 0. The fraction of sp³-hybridized carbons (Fsp3) is 0.500. The van der Waals surface area contributed by atoms with Crippen molar-refractivity contribution in [1.29, 1.82) is 0 Å². The highest BCUT2D eigenvalue weighted by molar-refractivity contribution is 5.92. The van der Waals surface area contributed by atoms with E-state index in [1.54, 1.807) is 20.0 Å². The molecule has 0 saturated carbocycles. The Morgan fingerprint density at radius 3 is 2.53 bits per heavy atom. The van der Waals surface area contributed by atoms with Gasteiger partial charge in [-0.05, 0) is 19.4 Å². The lowest BCUT2D eigenvalue weighted by molar-refractivity contribution is 0.0522. The Kier molecular flexibility index (Phi) is 4.31. The third kappa shape index (κ3) is 2.49. The third-order valence-electron chi connectivity index (χ3n) is 2.55. The Bertz CT molecular complexity index is 476. The van der Waals surface area contributed by atoms with Crippen molar-refractivity contribution in [2.45, 2.75) is 20.3 Å². The average Bonchev–Trinajstić information content (AvgIpc) is 2.32. The zero-order chi connectivity index (χ0) is 13.0. The van der Waals surface area contributed by atoms with Gasteiger partial charge in [0.15, 0.2) is 5.75 Å². The SMILES string of the molecule is CCOC(=O)c1cc(CC)n(C)c(=O)c1OC. The molecule has 0 unspecified atom stereocenters. The molecule has 0 aliphatic carbocycles. The summed E-state index contributed by atoms with van der Waals surface area (Å²) < 4.78 is 11.4. The number of carbonyl (C=O) groups excluding carboxylic acids is 1. The molecule has 0 fully saturated rings. The maximum atomic E-state index is 11.9. The topological polar surface area (TPSA) is 57.5 Å². The van der Waals surface area contributed by atoms with E-state index >= 15 is 0 Å². The molecule has 0 saturated heterocycles. The van der Waals surface area contributed by atoms with Crippen molar-refractivity contribution in [3.8, 4) is 5.75 Å². The summed E-state index contributed by atoms with van der Waals surface area (Å²) in [5.41, 5.74) is 0.628. The Morgan fingerprint density at radius 1 is 1.41 bits per heavy atom. The summed E-state index contributed by atoms with van der Waals surface area (Å²) in [4.78, 5) is 23.6. The van der Waals surface area contributed by atoms with E-state index in [2.05, 4.69) is 0 Å². The van der Waals surface area contributed by atoms with Gasteiger partial charge in [0.05, 0.1) is 13.7 Å². The zero-order valence-electron chi connectivity index (χ0n) is 10.6. The van der Waals surface area contributed by atoms with Gasteiger partial charge in [-0.2, -0.15) is 0 Å². The van der Waals surface area contributed by atoms with Gasteiger partial charge in [-0.25, -0.2) is 4.79 Å². The summed E-state index contributed by atoms with van der Waals surface area (Å²) >= 11 is 0. The highest BCUT2D eigenvalue weighted by Gasteiger charge is 2.19. The first kappa shape index (κ1) is 13.3. The predicted octanol–water partition coefficient (Wildman–Crippen LogP) is 1.13. The molecule has 0 aliphatic rings. The molecule has 0 atom stereocenters. The Hall–Kier alpha value is -1.78. The predicted molar refractivity (Wildman–Crippen MR) is 63.6 cm³/mol. The number of aryl methyl sites for hydroxylation is 1. The van der Waals surface area contributed by atoms with Crippen LogP contribution in [0.5, 0.6) is 5.75 Å². The normalized spacial score (nSPS) is 10.1. The molecule has 0 bridgehead atoms. The monoisotopic (exact) mass is 239 g/mol. The molecule has 0 radical (unpaired) electrons. The maximum absolute atomic E-state index is 11.9. The summed E-state index contributed by atoms with van der Waals surface area (Å²) in [6, 6.07) is 1.64. The molecular weight excluding hydrogens is 222 g/mol. The van der Waals surface area contributed by atoms with E-state index < -0.39 is 5.97 Å². The van der Waals surface area contributed by atoms with E-state index in [9.17, 15) is 9.59 Å². The maximum Gasteiger partial charge on any atom is 0.342 e. The average molecular weight is 239 g/mol. The van der Waals surface area contributed by atoms with Gasteiger partial charge in [0.1, 0.15) is 5.56 Å². The number of rotatable bonds is 4. The van der Waals surface area contributed by atoms with Crippen molar-refractivity contribution in [3.05, 3.63) is 27.7 Å². The van der Waals surface area contributed by atoms with Crippen LogP contribution in [0, 0.1) is 0 Å². The van der Waals surface area contributed by atoms with Crippen molar-refractivity contribution in [2.24, 2.45) is 7.05 Å². The van der Waals surface area contributed by atoms with Gasteiger partial charge in [0.25, 0.3) is 5.56 Å². The number of hydrogen-bond donors (Lipinski definition) is 0. The molecule has 0 aliphatic heterocycles. The largest absolute Gasteiger partial charge is 0.490 e. The van der Waals surface area contributed by atoms with Gasteiger partial charge in [-0.15, -0.1) is 0 Å². The van der Waals surface area contributed by atoms with Crippen LogP contribution >= 0.6 is 0 Å². The molecule has 1 heterocycles. The summed E-state index contributed by atoms with van der Waals surface area (Å²) in [6.45, 7) is 3.89. The van der Waals surface area contributed by atoms with Crippen LogP contribution in [-0.2, 0) is 18.2 Å². The van der Waals surface area contributed by atoms with Crippen molar-refractivity contribution in [2.75, 3.05) is 13.7 Å². The van der Waals surface area contributed by atoms with Gasteiger partial charge in [0, 0.05) is 12.7 Å². The van der Waals surface area contributed by atoms with Crippen molar-refractivity contribution in [3.63, 3.8) is 0 Å². The summed E-state index contributed by atoms with van der Waals surface area (Å²) in [5.74, 6) is -0.500. The van der Waals surface area contributed by atoms with Gasteiger partial charge in [-0.1, -0.05) is 6.92 Å². The standard InChI is InChI=1S/C12H17NO4/c1-5-8-7-9(12(15)17-6-2)10(16-4)11(14)13(8)3/h7H,5-6H2,1-4H3. The van der Waals surface area contributed by atoms with Gasteiger partial charge >= 0.3 is 5.97 Å². The number of esters is 1. The van der Waals surface area contributed by atoms with E-state index in [0.29, 0.717) is 6.42 Å². The van der Waals surface area contributed by atoms with E-state index in [0.717, 1.165) is 5.69 Å². The second-order valence-electron chi connectivity index (χ2n) is 3.52. The van der Waals surface area contributed by atoms with Gasteiger partial charge < -0.3 is 14.0 Å². The van der Waals surface area contributed by atoms with Gasteiger partial charge in [0.2, 0.25) is 0 Å². The van der Waals surface area contributed by atoms with E-state index in [1.807, 2.05) is 6.92 Å². The molecule has 1 rings (SSSR count). The number of nitrogens with zero attached hydrogens (tertiary/aromatic N) is 1. The Labute approximate surface area is 100.0 Å². The van der Waals surface area contributed by atoms with Crippen LogP contribution < -0.4 is 10.3 Å². The van der Waals surface area contributed by atoms with Crippen LogP contribution in [0.2, 0.25) is 0 Å². The van der Waals surface area contributed by atoms with E-state index in [1.165, 1.54) is 11.7 Å². The lowest BCUT2D eigenvalue weighted by atomic mass is 10.1. The second-order valence-corrected chi connectivity index (χ2v) is 3.52. The van der Waals surface area contributed by atoms with Crippen LogP contribution in [0.4, 0.5) is 0 Å². The first-order valence-electron chi connectivity index (χ1n) is 5.50. The molecule has 5 heteroatoms. The van der Waals surface area contributed by atoms with Crippen molar-refractivity contribution >= 4 is 5.97 Å². The number of methoxy groups -OCH3 is 1. The molecule has 1 aromatic rings. The number of ether oxygens (including phenoxy) is 2. The summed E-state index contributed by atoms with van der Waals surface area (Å²) in [7, 11) is 3.02. The molecule has 17 heavy (non-hydrogen) atoms. The highest BCUT2D eigenvalue weighted by Crippen LogP contribution is 2.16. The van der Waals surface area contributed by atoms with Gasteiger partial charge in [-0.3, -0.25) is 4.79 Å². The number of carbonyl (C=O) groups is 1. The second kappa shape index (κ2) is 5.52. The molecule has 1 aromatic heterocycles. The lowest BCUT2D eigenvalue weighted by Gasteiger charge is -2.12. The minimum atomic E-state index is -0.531. The zero-order valence-corrected chi connectivity index (χ0v) is 10.6. The van der Waals surface area contributed by atoms with E-state index in [4.69, 9.17) is 9.47 Å². The number of aromatic nitrogens is 1. The quantitative estimate of drug-likeness (QED) is 0.739. The minimum Gasteiger partial charge on any atom is -0.490 e. The van der Waals surface area contributed by atoms with Crippen LogP contribution in [0.3, 0.4) is 0 Å². The van der Waals surface area contributed by atoms with Crippen LogP contribution in [0.25, 0.3) is 0 Å². The minimum absolute atomic E-state index is 0.0307. The summed E-state index contributed by atoms with van der Waals surface area (Å²) in [6.07, 6.45) is 0.655. The Morgan fingerprint density at radius 2 is 2.06 bits per heavy atom. The van der Waals surface area contributed by atoms with E-state index in [-0.39, 0.29) is 23.5 Å². The molecule has 94 valence electrons. The molecule has 0 aromatic carbocycles. The van der Waals surface area contributed by atoms with Crippen LogP contribution in [0.15, 0.2) is 10.9 Å². The van der Waals surface area contributed by atoms with Crippen LogP contribution in [0.1, 0.15) is 29.9 Å². The van der Waals surface area contributed by atoms with Crippen molar-refractivity contribution in [1.82, 2.24) is 4.57 Å². The first-order valence-corrected chi connectivity index (χ1v) is 5.50. The lowest BCUT2D eigenvalue weighted by Crippen LogP contribution is -2.25. The number of hydrogen-bond acceptors (Lipinski definition) is 4. The highest BCUT2D eigenvalue weighted by atomic mass is 16.5. The third-order valence-corrected chi connectivity index (χ3v) is 2.55. The fourth-order valence-corrected chi connectivity index (χ4v) is 1.62. The molecule has 0 N–H and O–H groups in total. The molecular formula is C12H17NO4. The van der Waals surface area contributed by atoms with Crippen LogP contribution in [-0.4, -0.2) is 24.3 Å². The smallest absolute Gasteiger partial charge is 0.342 e. The molecule has 0 amide bonds. The number of pyridine rings is 1.